The van der Waals surface area contributed by atoms with E-state index in [-0.39, 0.29) is 25.5 Å². The Bertz CT molecular complexity index is 633. The normalized spacial score (nSPS) is 23.6. The molecule has 0 spiro atoms. The number of rotatable bonds is 8. The molecule has 1 amide bonds. The standard InChI is InChI=1S/C16H22F3N3O4/c1-24-7-2-8-25-9-12(23)22-6-5-15(10-22,16(17,18)19)14-20-13(21-26-14)11-3-4-11/h11H,2-10H2,1H3. The summed E-state index contributed by atoms with van der Waals surface area (Å²) in [5.74, 6) is -0.494. The number of carbonyl (C=O) groups is 1. The van der Waals surface area contributed by atoms with Crippen LogP contribution in [0.4, 0.5) is 13.2 Å². The lowest BCUT2D eigenvalue weighted by molar-refractivity contribution is -0.194. The summed E-state index contributed by atoms with van der Waals surface area (Å²) < 4.78 is 56.6. The zero-order valence-electron chi connectivity index (χ0n) is 14.5. The molecule has 1 saturated carbocycles. The third-order valence-corrected chi connectivity index (χ3v) is 4.82. The van der Waals surface area contributed by atoms with Crippen LogP contribution < -0.4 is 0 Å². The van der Waals surface area contributed by atoms with E-state index in [0.717, 1.165) is 17.7 Å². The van der Waals surface area contributed by atoms with Gasteiger partial charge >= 0.3 is 6.18 Å². The number of aromatic nitrogens is 2. The molecule has 1 aromatic rings. The van der Waals surface area contributed by atoms with Crippen LogP contribution in [0.1, 0.15) is 43.3 Å². The number of hydrogen-bond donors (Lipinski definition) is 0. The fraction of sp³-hybridized carbons (Fsp3) is 0.812. The maximum absolute atomic E-state index is 13.8. The minimum Gasteiger partial charge on any atom is -0.385 e. The Balaban J connectivity index is 1.65. The summed E-state index contributed by atoms with van der Waals surface area (Å²) in [5, 5.41) is 3.70. The van der Waals surface area contributed by atoms with E-state index in [2.05, 4.69) is 10.1 Å². The molecule has 1 aliphatic heterocycles. The van der Waals surface area contributed by atoms with Crippen molar-refractivity contribution in [2.75, 3.05) is 40.0 Å². The van der Waals surface area contributed by atoms with E-state index in [1.807, 2.05) is 0 Å². The van der Waals surface area contributed by atoms with E-state index in [0.29, 0.717) is 25.5 Å². The minimum atomic E-state index is -4.59. The lowest BCUT2D eigenvalue weighted by Crippen LogP contribution is -2.46. The first-order valence-electron chi connectivity index (χ1n) is 8.62. The fourth-order valence-corrected chi connectivity index (χ4v) is 3.04. The molecule has 3 rings (SSSR count). The van der Waals surface area contributed by atoms with Gasteiger partial charge < -0.3 is 18.9 Å². The first-order valence-corrected chi connectivity index (χ1v) is 8.62. The van der Waals surface area contributed by atoms with Gasteiger partial charge in [0.25, 0.3) is 0 Å². The van der Waals surface area contributed by atoms with E-state index < -0.39 is 29.9 Å². The van der Waals surface area contributed by atoms with Gasteiger partial charge in [0.05, 0.1) is 0 Å². The molecule has 1 unspecified atom stereocenters. The largest absolute Gasteiger partial charge is 0.405 e. The second kappa shape index (κ2) is 7.51. The summed E-state index contributed by atoms with van der Waals surface area (Å²) in [6, 6.07) is 0. The van der Waals surface area contributed by atoms with E-state index >= 15 is 0 Å². The first-order chi connectivity index (χ1) is 12.4. The average Bonchev–Trinajstić information content (AvgIpc) is 3.13. The van der Waals surface area contributed by atoms with Crippen molar-refractivity contribution in [3.05, 3.63) is 11.7 Å². The van der Waals surface area contributed by atoms with Crippen LogP contribution in [0, 0.1) is 0 Å². The summed E-state index contributed by atoms with van der Waals surface area (Å²) in [7, 11) is 1.55. The van der Waals surface area contributed by atoms with Crippen LogP contribution in [0.5, 0.6) is 0 Å². The molecule has 10 heteroatoms. The van der Waals surface area contributed by atoms with Crippen molar-refractivity contribution < 1.29 is 32.0 Å². The van der Waals surface area contributed by atoms with E-state index in [1.165, 1.54) is 0 Å². The highest BCUT2D eigenvalue weighted by molar-refractivity contribution is 5.78. The topological polar surface area (TPSA) is 77.7 Å². The maximum atomic E-state index is 13.8. The molecule has 1 saturated heterocycles. The van der Waals surface area contributed by atoms with Gasteiger partial charge in [-0.2, -0.15) is 18.2 Å². The molecule has 0 radical (unpaired) electrons. The van der Waals surface area contributed by atoms with E-state index in [1.54, 1.807) is 7.11 Å². The van der Waals surface area contributed by atoms with Crippen LogP contribution in [0.25, 0.3) is 0 Å². The Kier molecular flexibility index (Phi) is 5.52. The molecule has 0 aromatic carbocycles. The van der Waals surface area contributed by atoms with Gasteiger partial charge in [-0.3, -0.25) is 4.79 Å². The number of hydrogen-bond acceptors (Lipinski definition) is 6. The van der Waals surface area contributed by atoms with Gasteiger partial charge in [0, 0.05) is 39.3 Å². The number of alkyl halides is 3. The Labute approximate surface area is 148 Å². The van der Waals surface area contributed by atoms with Crippen molar-refractivity contribution in [3.8, 4) is 0 Å². The molecule has 2 aliphatic rings. The lowest BCUT2D eigenvalue weighted by atomic mass is 9.86. The van der Waals surface area contributed by atoms with Gasteiger partial charge in [-0.1, -0.05) is 5.16 Å². The summed E-state index contributed by atoms with van der Waals surface area (Å²) in [5.41, 5.74) is -2.31. The molecule has 0 bridgehead atoms. The number of amides is 1. The van der Waals surface area contributed by atoms with Crippen molar-refractivity contribution >= 4 is 5.91 Å². The second-order valence-electron chi connectivity index (χ2n) is 6.78. The van der Waals surface area contributed by atoms with Gasteiger partial charge in [0.15, 0.2) is 11.2 Å². The number of nitrogens with zero attached hydrogens (tertiary/aromatic N) is 3. The third-order valence-electron chi connectivity index (χ3n) is 4.82. The molecule has 1 aliphatic carbocycles. The molecule has 2 heterocycles. The number of methoxy groups -OCH3 is 1. The van der Waals surface area contributed by atoms with Crippen LogP contribution in [0.3, 0.4) is 0 Å². The molecule has 26 heavy (non-hydrogen) atoms. The molecule has 0 N–H and O–H groups in total. The Hall–Kier alpha value is -1.68. The third kappa shape index (κ3) is 3.85. The number of halogens is 3. The van der Waals surface area contributed by atoms with Crippen LogP contribution in [0.15, 0.2) is 4.52 Å². The number of carbonyl (C=O) groups excluding carboxylic acids is 1. The zero-order valence-corrected chi connectivity index (χ0v) is 14.5. The van der Waals surface area contributed by atoms with Crippen molar-refractivity contribution in [2.45, 2.75) is 43.2 Å². The maximum Gasteiger partial charge on any atom is 0.405 e. The van der Waals surface area contributed by atoms with Crippen molar-refractivity contribution in [1.82, 2.24) is 15.0 Å². The Morgan fingerprint density at radius 2 is 2.15 bits per heavy atom. The fourth-order valence-electron chi connectivity index (χ4n) is 3.04. The molecule has 1 aromatic heterocycles. The van der Waals surface area contributed by atoms with Crippen molar-refractivity contribution in [1.29, 1.82) is 0 Å². The highest BCUT2D eigenvalue weighted by atomic mass is 19.4. The Morgan fingerprint density at radius 3 is 2.81 bits per heavy atom. The zero-order chi connectivity index (χ0) is 18.8. The smallest absolute Gasteiger partial charge is 0.385 e. The highest BCUT2D eigenvalue weighted by Gasteiger charge is 2.63. The molecule has 1 atom stereocenters. The van der Waals surface area contributed by atoms with Crippen LogP contribution in [0.2, 0.25) is 0 Å². The predicted octanol–water partition coefficient (Wildman–Crippen LogP) is 2.03. The lowest BCUT2D eigenvalue weighted by Gasteiger charge is -2.27. The van der Waals surface area contributed by atoms with Crippen LogP contribution in [-0.2, 0) is 19.7 Å². The highest BCUT2D eigenvalue weighted by Crippen LogP contribution is 2.48. The monoisotopic (exact) mass is 377 g/mol. The summed E-state index contributed by atoms with van der Waals surface area (Å²) in [6.45, 7) is 0.000606. The molecule has 2 fully saturated rings. The first kappa shape index (κ1) is 19.1. The van der Waals surface area contributed by atoms with Crippen molar-refractivity contribution in [3.63, 3.8) is 0 Å². The van der Waals surface area contributed by atoms with Crippen LogP contribution in [-0.4, -0.2) is 67.1 Å². The number of ether oxygens (including phenoxy) is 2. The van der Waals surface area contributed by atoms with Crippen molar-refractivity contribution in [2.24, 2.45) is 0 Å². The SMILES string of the molecule is COCCCOCC(=O)N1CCC(c2nc(C3CC3)no2)(C(F)(F)F)C1. The van der Waals surface area contributed by atoms with E-state index in [9.17, 15) is 18.0 Å². The van der Waals surface area contributed by atoms with Gasteiger partial charge in [-0.05, 0) is 25.7 Å². The quantitative estimate of drug-likeness (QED) is 0.645. The molecule has 7 nitrogen and oxygen atoms in total. The average molecular weight is 377 g/mol. The van der Waals surface area contributed by atoms with Gasteiger partial charge in [0.1, 0.15) is 6.61 Å². The van der Waals surface area contributed by atoms with Gasteiger partial charge in [-0.25, -0.2) is 0 Å². The minimum absolute atomic E-state index is 0.0269. The predicted molar refractivity (Wildman–Crippen MR) is 82.5 cm³/mol. The number of likely N-dealkylation sites (tertiary alicyclic amines) is 1. The van der Waals surface area contributed by atoms with Gasteiger partial charge in [0.2, 0.25) is 11.8 Å². The summed E-state index contributed by atoms with van der Waals surface area (Å²) in [6.07, 6.45) is -2.54. The Morgan fingerprint density at radius 1 is 1.38 bits per heavy atom. The molecular weight excluding hydrogens is 355 g/mol. The molecule has 146 valence electrons. The second-order valence-corrected chi connectivity index (χ2v) is 6.78. The molecular formula is C16H22F3N3O4. The van der Waals surface area contributed by atoms with Crippen LogP contribution >= 0.6 is 0 Å². The summed E-state index contributed by atoms with van der Waals surface area (Å²) >= 11 is 0. The van der Waals surface area contributed by atoms with Gasteiger partial charge in [-0.15, -0.1) is 0 Å². The summed E-state index contributed by atoms with van der Waals surface area (Å²) in [4.78, 5) is 17.3. The van der Waals surface area contributed by atoms with E-state index in [4.69, 9.17) is 14.0 Å².